The number of aromatic nitrogens is 2. The highest BCUT2D eigenvalue weighted by Crippen LogP contribution is 2.39. The molecule has 4 atom stereocenters. The van der Waals surface area contributed by atoms with Crippen molar-refractivity contribution in [2.24, 2.45) is 0 Å². The number of rotatable bonds is 14. The number of hydrogen-bond donors (Lipinski definition) is 2. The van der Waals surface area contributed by atoms with Gasteiger partial charge in [-0.2, -0.15) is 4.39 Å². The van der Waals surface area contributed by atoms with E-state index in [4.69, 9.17) is 9.47 Å². The second-order valence-electron chi connectivity index (χ2n) is 8.89. The molecule has 1 aliphatic rings. The van der Waals surface area contributed by atoms with Crippen LogP contribution < -0.4 is 11.2 Å². The van der Waals surface area contributed by atoms with Crippen LogP contribution in [0.25, 0.3) is 0 Å². The summed E-state index contributed by atoms with van der Waals surface area (Å²) in [5.74, 6) is -3.47. The second kappa shape index (κ2) is 13.0. The molecule has 1 saturated heterocycles. The number of ketones is 2. The van der Waals surface area contributed by atoms with Gasteiger partial charge in [0.05, 0.1) is 6.20 Å². The van der Waals surface area contributed by atoms with Gasteiger partial charge in [0.1, 0.15) is 18.4 Å². The fraction of sp³-hybridized carbons (Fsp3) is 0.708. The Kier molecular flexibility index (Phi) is 10.7. The van der Waals surface area contributed by atoms with Gasteiger partial charge in [0, 0.05) is 25.7 Å². The largest absolute Gasteiger partial charge is 0.444 e. The molecular weight excluding hydrogens is 479 g/mol. The second-order valence-corrected chi connectivity index (χ2v) is 8.89. The van der Waals surface area contributed by atoms with Crippen molar-refractivity contribution in [2.45, 2.75) is 109 Å². The van der Waals surface area contributed by atoms with E-state index in [1.807, 2.05) is 0 Å². The molecule has 0 spiro atoms. The third-order valence-corrected chi connectivity index (χ3v) is 6.33. The SMILES string of the molecule is CCCCCCCC(=O)OCn1c(=O)c(F)cn([C@H]2C[C@@](O)(C(=O)CC)[C@@H](C(O)C(=O)CC)O2)c1=O. The molecule has 11 nitrogen and oxygen atoms in total. The highest BCUT2D eigenvalue weighted by atomic mass is 19.1. The van der Waals surface area contributed by atoms with Crippen LogP contribution in [-0.2, 0) is 30.6 Å². The Hall–Kier alpha value is -2.70. The number of unbranched alkanes of at least 4 members (excludes halogenated alkanes) is 4. The first kappa shape index (κ1) is 29.5. The normalized spacial score (nSPS) is 22.4. The van der Waals surface area contributed by atoms with Gasteiger partial charge in [0.25, 0.3) is 5.56 Å². The number of aliphatic hydroxyl groups excluding tert-OH is 1. The van der Waals surface area contributed by atoms with E-state index < -0.39 is 71.8 Å². The molecule has 0 aromatic carbocycles. The summed E-state index contributed by atoms with van der Waals surface area (Å²) < 4.78 is 26.0. The van der Waals surface area contributed by atoms with E-state index >= 15 is 0 Å². The first-order chi connectivity index (χ1) is 17.0. The van der Waals surface area contributed by atoms with Gasteiger partial charge < -0.3 is 19.7 Å². The summed E-state index contributed by atoms with van der Waals surface area (Å²) in [5, 5.41) is 21.4. The van der Waals surface area contributed by atoms with Gasteiger partial charge in [0.15, 0.2) is 23.9 Å². The Bertz CT molecular complexity index is 1070. The molecule has 1 aromatic heterocycles. The van der Waals surface area contributed by atoms with Gasteiger partial charge >= 0.3 is 11.7 Å². The lowest BCUT2D eigenvalue weighted by molar-refractivity contribution is -0.160. The zero-order chi connectivity index (χ0) is 27.0. The fourth-order valence-electron chi connectivity index (χ4n) is 4.16. The molecule has 2 rings (SSSR count). The first-order valence-corrected chi connectivity index (χ1v) is 12.3. The fourth-order valence-corrected chi connectivity index (χ4v) is 4.16. The number of halogens is 1. The van der Waals surface area contributed by atoms with Crippen LogP contribution in [0, 0.1) is 5.82 Å². The van der Waals surface area contributed by atoms with Crippen molar-refractivity contribution < 1.29 is 38.5 Å². The van der Waals surface area contributed by atoms with Crippen LogP contribution in [0.4, 0.5) is 4.39 Å². The number of nitrogens with zero attached hydrogens (tertiary/aromatic N) is 2. The maximum absolute atomic E-state index is 14.5. The summed E-state index contributed by atoms with van der Waals surface area (Å²) in [4.78, 5) is 61.8. The summed E-state index contributed by atoms with van der Waals surface area (Å²) in [6.45, 7) is 4.15. The minimum atomic E-state index is -2.33. The van der Waals surface area contributed by atoms with Crippen molar-refractivity contribution in [3.8, 4) is 0 Å². The van der Waals surface area contributed by atoms with Crippen molar-refractivity contribution >= 4 is 17.5 Å². The molecule has 2 N–H and O–H groups in total. The van der Waals surface area contributed by atoms with Crippen molar-refractivity contribution in [3.63, 3.8) is 0 Å². The van der Waals surface area contributed by atoms with E-state index in [2.05, 4.69) is 6.92 Å². The van der Waals surface area contributed by atoms with E-state index in [0.717, 1.165) is 25.7 Å². The van der Waals surface area contributed by atoms with Gasteiger partial charge in [-0.25, -0.2) is 9.36 Å². The predicted octanol–water partition coefficient (Wildman–Crippen LogP) is 1.35. The van der Waals surface area contributed by atoms with Gasteiger partial charge in [-0.05, 0) is 6.42 Å². The molecule has 1 aliphatic heterocycles. The zero-order valence-electron chi connectivity index (χ0n) is 20.9. The molecule has 0 saturated carbocycles. The first-order valence-electron chi connectivity index (χ1n) is 12.3. The summed E-state index contributed by atoms with van der Waals surface area (Å²) in [5.41, 5.74) is -4.78. The quantitative estimate of drug-likeness (QED) is 0.276. The van der Waals surface area contributed by atoms with Crippen LogP contribution in [0.2, 0.25) is 0 Å². The molecule has 0 bridgehead atoms. The van der Waals surface area contributed by atoms with Crippen LogP contribution in [0.5, 0.6) is 0 Å². The van der Waals surface area contributed by atoms with Gasteiger partial charge in [-0.3, -0.25) is 23.7 Å². The van der Waals surface area contributed by atoms with Crippen molar-refractivity contribution in [1.82, 2.24) is 9.13 Å². The molecule has 0 amide bonds. The van der Waals surface area contributed by atoms with Gasteiger partial charge in [-0.15, -0.1) is 0 Å². The smallest absolute Gasteiger partial charge is 0.336 e. The predicted molar refractivity (Wildman–Crippen MR) is 124 cm³/mol. The number of esters is 1. The Labute approximate surface area is 207 Å². The number of hydrogen-bond acceptors (Lipinski definition) is 9. The van der Waals surface area contributed by atoms with Crippen LogP contribution in [0.3, 0.4) is 0 Å². The van der Waals surface area contributed by atoms with E-state index in [1.54, 1.807) is 0 Å². The lowest BCUT2D eigenvalue weighted by Gasteiger charge is -2.29. The molecule has 1 aromatic rings. The number of carbonyl (C=O) groups is 3. The average molecular weight is 515 g/mol. The molecule has 12 heteroatoms. The third-order valence-electron chi connectivity index (χ3n) is 6.33. The van der Waals surface area contributed by atoms with Crippen LogP contribution in [-0.4, -0.2) is 54.7 Å². The number of ether oxygens (including phenoxy) is 2. The van der Waals surface area contributed by atoms with E-state index in [1.165, 1.54) is 13.8 Å². The summed E-state index contributed by atoms with van der Waals surface area (Å²) >= 11 is 0. The number of Topliss-reactive ketones (excluding diaryl/α,β-unsaturated/α-hetero) is 2. The lowest BCUT2D eigenvalue weighted by atomic mass is 9.84. The lowest BCUT2D eigenvalue weighted by Crippen LogP contribution is -2.53. The van der Waals surface area contributed by atoms with Gasteiger partial charge in [0.2, 0.25) is 5.82 Å². The van der Waals surface area contributed by atoms with Crippen LogP contribution in [0.1, 0.15) is 84.8 Å². The van der Waals surface area contributed by atoms with E-state index in [-0.39, 0.29) is 19.3 Å². The molecule has 36 heavy (non-hydrogen) atoms. The van der Waals surface area contributed by atoms with E-state index in [0.29, 0.717) is 21.8 Å². The standard InChI is InChI=1S/C24H35FN2O9/c1-4-7-8-9-10-11-19(30)35-14-27-22(32)15(25)13-26(23(27)33)18-12-24(34,17(29)6-3)21(36-18)20(31)16(28)5-2/h13,18,20-21,31,34H,4-12,14H2,1-3H3/t18-,20?,21-,24-/m1/s1. The minimum absolute atomic E-state index is 0.0743. The number of aliphatic hydroxyl groups is 2. The molecule has 0 radical (unpaired) electrons. The molecular formula is C24H35FN2O9. The Balaban J connectivity index is 2.28. The topological polar surface area (TPSA) is 154 Å². The molecule has 0 aliphatic carbocycles. The van der Waals surface area contributed by atoms with E-state index in [9.17, 15) is 38.6 Å². The summed E-state index contributed by atoms with van der Waals surface area (Å²) in [7, 11) is 0. The van der Waals surface area contributed by atoms with Crippen LogP contribution >= 0.6 is 0 Å². The molecule has 2 heterocycles. The average Bonchev–Trinajstić information content (AvgIpc) is 3.22. The monoisotopic (exact) mass is 514 g/mol. The minimum Gasteiger partial charge on any atom is -0.444 e. The molecule has 1 unspecified atom stereocenters. The zero-order valence-corrected chi connectivity index (χ0v) is 20.9. The highest BCUT2D eigenvalue weighted by molar-refractivity contribution is 5.90. The van der Waals surface area contributed by atoms with Gasteiger partial charge in [-0.1, -0.05) is 46.5 Å². The molecule has 1 fully saturated rings. The number of carbonyl (C=O) groups excluding carboxylic acids is 3. The third kappa shape index (κ3) is 6.54. The van der Waals surface area contributed by atoms with Crippen molar-refractivity contribution in [1.29, 1.82) is 0 Å². The Morgan fingerprint density at radius 3 is 2.44 bits per heavy atom. The summed E-state index contributed by atoms with van der Waals surface area (Å²) in [6, 6.07) is 0. The maximum atomic E-state index is 14.5. The Morgan fingerprint density at radius 1 is 1.17 bits per heavy atom. The van der Waals surface area contributed by atoms with Crippen LogP contribution in [0.15, 0.2) is 15.8 Å². The van der Waals surface area contributed by atoms with Crippen molar-refractivity contribution in [2.75, 3.05) is 0 Å². The van der Waals surface area contributed by atoms with Crippen molar-refractivity contribution in [3.05, 3.63) is 32.9 Å². The summed E-state index contributed by atoms with van der Waals surface area (Å²) in [6.07, 6.45) is -0.838. The maximum Gasteiger partial charge on any atom is 0.336 e. The Morgan fingerprint density at radius 2 is 1.83 bits per heavy atom. The highest BCUT2D eigenvalue weighted by Gasteiger charge is 2.56. The molecule has 202 valence electrons.